The van der Waals surface area contributed by atoms with Crippen molar-refractivity contribution in [2.75, 3.05) is 39.6 Å². The van der Waals surface area contributed by atoms with Gasteiger partial charge in [0, 0.05) is 19.5 Å². The minimum Gasteiger partial charge on any atom is -0.377 e. The van der Waals surface area contributed by atoms with E-state index >= 15 is 17.6 Å². The molecule has 1 aliphatic heterocycles. The van der Waals surface area contributed by atoms with Crippen LogP contribution in [0.5, 0.6) is 0 Å². The fourth-order valence-electron chi connectivity index (χ4n) is 4.53. The molecule has 0 radical (unpaired) electrons. The van der Waals surface area contributed by atoms with Gasteiger partial charge in [-0.3, -0.25) is 0 Å². The van der Waals surface area contributed by atoms with Crippen molar-refractivity contribution in [2.45, 2.75) is 58.7 Å². The molecular weight excluding hydrogens is 542 g/mol. The van der Waals surface area contributed by atoms with E-state index in [1.165, 1.54) is 13.8 Å². The van der Waals surface area contributed by atoms with Crippen LogP contribution in [0.4, 0.5) is 26.3 Å². The van der Waals surface area contributed by atoms with Crippen molar-refractivity contribution in [3.8, 4) is 0 Å². The lowest BCUT2D eigenvalue weighted by atomic mass is 9.98. The first-order chi connectivity index (χ1) is 17.3. The SMILES string of the molecule is Cc1sc2c(C)c1COCCOCCOCCOCc1c(C)sc(c1C)C1=C2C(F)(F)C(F)(F)C1(F)F. The summed E-state index contributed by atoms with van der Waals surface area (Å²) >= 11 is 1.60. The number of hydrogen-bond donors (Lipinski definition) is 0. The number of thiophene rings is 2. The van der Waals surface area contributed by atoms with Crippen molar-refractivity contribution in [1.82, 2.24) is 0 Å². The second-order valence-corrected chi connectivity index (χ2v) is 11.4. The number of aryl methyl sites for hydroxylation is 2. The van der Waals surface area contributed by atoms with Gasteiger partial charge in [0.05, 0.1) is 64.0 Å². The van der Waals surface area contributed by atoms with Gasteiger partial charge in [-0.15, -0.1) is 22.7 Å². The third kappa shape index (κ3) is 4.78. The fraction of sp³-hybridized carbons (Fsp3) is 0.600. The monoisotopic (exact) mass is 570 g/mol. The molecule has 4 rings (SSSR count). The fourth-order valence-corrected chi connectivity index (χ4v) is 7.03. The van der Waals surface area contributed by atoms with Gasteiger partial charge in [-0.2, -0.15) is 26.3 Å². The van der Waals surface area contributed by atoms with Crippen LogP contribution in [0.3, 0.4) is 0 Å². The van der Waals surface area contributed by atoms with Gasteiger partial charge in [0.2, 0.25) is 0 Å². The normalized spacial score (nSPS) is 22.6. The Hall–Kier alpha value is -1.44. The van der Waals surface area contributed by atoms with E-state index in [1.54, 1.807) is 13.8 Å². The van der Waals surface area contributed by atoms with Crippen LogP contribution >= 0.6 is 22.7 Å². The minimum atomic E-state index is -5.60. The van der Waals surface area contributed by atoms with Crippen LogP contribution < -0.4 is 0 Å². The molecule has 2 aromatic heterocycles. The van der Waals surface area contributed by atoms with Gasteiger partial charge in [-0.05, 0) is 49.9 Å². The number of rotatable bonds is 0. The van der Waals surface area contributed by atoms with Gasteiger partial charge in [0.25, 0.3) is 0 Å². The molecule has 0 atom stereocenters. The van der Waals surface area contributed by atoms with Crippen molar-refractivity contribution >= 4 is 33.8 Å². The van der Waals surface area contributed by atoms with Crippen LogP contribution in [0.25, 0.3) is 11.1 Å². The predicted octanol–water partition coefficient (Wildman–Crippen LogP) is 6.95. The van der Waals surface area contributed by atoms with E-state index in [0.717, 1.165) is 22.7 Å². The van der Waals surface area contributed by atoms with E-state index in [4.69, 9.17) is 18.9 Å². The van der Waals surface area contributed by atoms with Crippen molar-refractivity contribution in [3.05, 3.63) is 41.8 Å². The molecule has 4 bridgehead atoms. The van der Waals surface area contributed by atoms with Crippen molar-refractivity contribution < 1.29 is 45.3 Å². The number of halogens is 6. The highest BCUT2D eigenvalue weighted by atomic mass is 32.1. The first kappa shape index (κ1) is 28.6. The van der Waals surface area contributed by atoms with Crippen LogP contribution in [-0.2, 0) is 32.2 Å². The second kappa shape index (κ2) is 10.6. The molecule has 0 unspecified atom stereocenters. The van der Waals surface area contributed by atoms with Gasteiger partial charge in [-0.1, -0.05) is 0 Å². The van der Waals surface area contributed by atoms with Gasteiger partial charge in [0.15, 0.2) is 0 Å². The summed E-state index contributed by atoms with van der Waals surface area (Å²) in [6.07, 6.45) is 0. The molecule has 0 amide bonds. The van der Waals surface area contributed by atoms with Crippen LogP contribution in [0.1, 0.15) is 41.8 Å². The number of alkyl halides is 6. The van der Waals surface area contributed by atoms with Crippen LogP contribution in [0, 0.1) is 27.7 Å². The van der Waals surface area contributed by atoms with Crippen molar-refractivity contribution in [1.29, 1.82) is 0 Å². The van der Waals surface area contributed by atoms with Gasteiger partial charge < -0.3 is 18.9 Å². The molecule has 37 heavy (non-hydrogen) atoms. The quantitative estimate of drug-likeness (QED) is 0.321. The summed E-state index contributed by atoms with van der Waals surface area (Å²) < 4.78 is 113. The molecule has 2 aliphatic rings. The number of allylic oxidation sites excluding steroid dienone is 2. The van der Waals surface area contributed by atoms with Crippen LogP contribution in [0.2, 0.25) is 0 Å². The Morgan fingerprint density at radius 3 is 1.22 bits per heavy atom. The maximum Gasteiger partial charge on any atom is 0.380 e. The topological polar surface area (TPSA) is 36.9 Å². The molecule has 0 spiro atoms. The van der Waals surface area contributed by atoms with E-state index in [2.05, 4.69) is 0 Å². The van der Waals surface area contributed by atoms with E-state index in [0.29, 0.717) is 34.1 Å². The molecule has 4 nitrogen and oxygen atoms in total. The largest absolute Gasteiger partial charge is 0.380 e. The third-order valence-electron chi connectivity index (χ3n) is 6.68. The summed E-state index contributed by atoms with van der Waals surface area (Å²) in [5, 5.41) is 0. The molecule has 206 valence electrons. The Bertz CT molecular complexity index is 1100. The molecule has 0 saturated carbocycles. The lowest BCUT2D eigenvalue weighted by Crippen LogP contribution is -2.48. The first-order valence-corrected chi connectivity index (χ1v) is 13.3. The van der Waals surface area contributed by atoms with Gasteiger partial charge >= 0.3 is 17.8 Å². The molecule has 0 saturated heterocycles. The van der Waals surface area contributed by atoms with E-state index in [-0.39, 0.29) is 60.5 Å². The van der Waals surface area contributed by atoms with Gasteiger partial charge in [-0.25, -0.2) is 0 Å². The summed E-state index contributed by atoms with van der Waals surface area (Å²) in [4.78, 5) is 0.502. The molecule has 0 fully saturated rings. The van der Waals surface area contributed by atoms with Crippen molar-refractivity contribution in [3.63, 3.8) is 0 Å². The average Bonchev–Trinajstić information content (AvgIpc) is 3.29. The lowest BCUT2D eigenvalue weighted by molar-refractivity contribution is -0.254. The Labute approximate surface area is 219 Å². The Kier molecular flexibility index (Phi) is 8.19. The molecule has 2 aromatic rings. The highest BCUT2D eigenvalue weighted by Gasteiger charge is 2.80. The Morgan fingerprint density at radius 2 is 0.865 bits per heavy atom. The number of ether oxygens (including phenoxy) is 4. The zero-order valence-corrected chi connectivity index (χ0v) is 22.5. The zero-order chi connectivity index (χ0) is 27.2. The second-order valence-electron chi connectivity index (χ2n) is 8.98. The smallest absolute Gasteiger partial charge is 0.377 e. The standard InChI is InChI=1S/C25H28F6O4S2/c1-13-17-11-34-9-7-32-5-6-33-8-10-35-12-18-14(2)22(37-16(18)4)20-19(21(13)36-15(17)3)23(26,27)25(30,31)24(20,28)29/h5-12H2,1-4H3. The Morgan fingerprint density at radius 1 is 0.541 bits per heavy atom. The highest BCUT2D eigenvalue weighted by molar-refractivity contribution is 7.14. The summed E-state index contributed by atoms with van der Waals surface area (Å²) in [6.45, 7) is 7.84. The molecule has 0 N–H and O–H groups in total. The average molecular weight is 571 g/mol. The van der Waals surface area contributed by atoms with E-state index in [1.807, 2.05) is 0 Å². The highest BCUT2D eigenvalue weighted by Crippen LogP contribution is 2.66. The summed E-state index contributed by atoms with van der Waals surface area (Å²) in [5.74, 6) is -15.8. The molecule has 0 aromatic carbocycles. The predicted molar refractivity (Wildman–Crippen MR) is 130 cm³/mol. The van der Waals surface area contributed by atoms with Crippen LogP contribution in [0.15, 0.2) is 0 Å². The van der Waals surface area contributed by atoms with E-state index in [9.17, 15) is 8.78 Å². The minimum absolute atomic E-state index is 0.00756. The van der Waals surface area contributed by atoms with E-state index < -0.39 is 28.9 Å². The number of hydrogen-bond acceptors (Lipinski definition) is 6. The van der Waals surface area contributed by atoms with Crippen LogP contribution in [-0.4, -0.2) is 57.4 Å². The summed E-state index contributed by atoms with van der Waals surface area (Å²) in [5.41, 5.74) is -1.17. The first-order valence-electron chi connectivity index (χ1n) is 11.7. The summed E-state index contributed by atoms with van der Waals surface area (Å²) in [7, 11) is 0. The molecule has 12 heteroatoms. The maximum atomic E-state index is 15.3. The number of fused-ring (bicyclic) bond motifs is 6. The third-order valence-corrected chi connectivity index (χ3v) is 9.21. The lowest BCUT2D eigenvalue weighted by Gasteiger charge is -2.25. The van der Waals surface area contributed by atoms with Gasteiger partial charge in [0.1, 0.15) is 0 Å². The van der Waals surface area contributed by atoms with Crippen molar-refractivity contribution in [2.24, 2.45) is 0 Å². The summed E-state index contributed by atoms with van der Waals surface area (Å²) in [6, 6.07) is 0. The maximum absolute atomic E-state index is 15.3. The molecule has 3 heterocycles. The molecular formula is C25H28F6O4S2. The zero-order valence-electron chi connectivity index (χ0n) is 20.9. The Balaban J connectivity index is 1.91. The molecule has 1 aliphatic carbocycles.